The predicted octanol–water partition coefficient (Wildman–Crippen LogP) is 6.76. The van der Waals surface area contributed by atoms with Crippen LogP contribution in [0, 0.1) is 5.82 Å². The monoisotopic (exact) mass is 583 g/mol. The number of ketones is 1. The minimum absolute atomic E-state index is 0.0102. The van der Waals surface area contributed by atoms with Crippen molar-refractivity contribution in [3.63, 3.8) is 0 Å². The molecule has 0 radical (unpaired) electrons. The molecule has 1 atom stereocenters. The molecule has 6 rings (SSSR count). The van der Waals surface area contributed by atoms with E-state index in [1.807, 2.05) is 24.3 Å². The van der Waals surface area contributed by atoms with E-state index in [1.165, 1.54) is 47.2 Å². The molecular weight excluding hydrogens is 561 g/mol. The van der Waals surface area contributed by atoms with E-state index >= 15 is 0 Å². The molecule has 1 aromatic heterocycles. The van der Waals surface area contributed by atoms with Crippen LogP contribution < -0.4 is 9.64 Å². The minimum Gasteiger partial charge on any atom is -0.507 e. The molecule has 4 aromatic carbocycles. The first-order chi connectivity index (χ1) is 20.0. The smallest absolute Gasteiger partial charge is 0.301 e. The van der Waals surface area contributed by atoms with Gasteiger partial charge in [-0.15, -0.1) is 10.2 Å². The van der Waals surface area contributed by atoms with Crippen molar-refractivity contribution in [3.8, 4) is 5.75 Å². The molecule has 0 aliphatic carbocycles. The first-order valence-corrected chi connectivity index (χ1v) is 14.4. The number of carbonyl (C=O) groups is 2. The van der Waals surface area contributed by atoms with E-state index in [-0.39, 0.29) is 22.0 Å². The van der Waals surface area contributed by atoms with Crippen molar-refractivity contribution >= 4 is 56.5 Å². The highest BCUT2D eigenvalue weighted by Crippen LogP contribution is 2.44. The average molecular weight is 584 g/mol. The minimum atomic E-state index is -0.981. The van der Waals surface area contributed by atoms with Crippen LogP contribution in [0.3, 0.4) is 0 Å². The summed E-state index contributed by atoms with van der Waals surface area (Å²) in [7, 11) is 1.33. The second-order valence-corrected chi connectivity index (χ2v) is 11.4. The zero-order valence-electron chi connectivity index (χ0n) is 21.7. The maximum atomic E-state index is 14.5. The number of fused-ring (bicyclic) bond motifs is 1. The van der Waals surface area contributed by atoms with Gasteiger partial charge in [-0.2, -0.15) is 0 Å². The number of benzene rings is 4. The van der Waals surface area contributed by atoms with Gasteiger partial charge in [0.2, 0.25) is 5.13 Å². The first kappa shape index (κ1) is 26.7. The van der Waals surface area contributed by atoms with Crippen LogP contribution >= 0.6 is 23.1 Å². The van der Waals surface area contributed by atoms with Crippen LogP contribution in [0.1, 0.15) is 22.7 Å². The molecule has 1 fully saturated rings. The number of carbonyl (C=O) groups excluding carboxylic acids is 2. The Hall–Kier alpha value is -4.54. The third-order valence-electron chi connectivity index (χ3n) is 6.82. The summed E-state index contributed by atoms with van der Waals surface area (Å²) in [5.41, 5.74) is 1.61. The quantitative estimate of drug-likeness (QED) is 0.0744. The normalized spacial score (nSPS) is 16.4. The number of aliphatic hydroxyl groups is 1. The number of methoxy groups -OCH3 is 1. The molecule has 1 aliphatic rings. The van der Waals surface area contributed by atoms with E-state index in [0.717, 1.165) is 22.4 Å². The molecule has 1 aliphatic heterocycles. The second kappa shape index (κ2) is 11.1. The number of aromatic nitrogens is 2. The number of nitrogens with zero attached hydrogens (tertiary/aromatic N) is 3. The van der Waals surface area contributed by atoms with Gasteiger partial charge in [-0.1, -0.05) is 95.9 Å². The number of aliphatic hydroxyl groups excluding tert-OH is 1. The van der Waals surface area contributed by atoms with Gasteiger partial charge in [0, 0.05) is 11.3 Å². The van der Waals surface area contributed by atoms with Crippen molar-refractivity contribution in [1.82, 2.24) is 10.2 Å². The molecule has 2 heterocycles. The molecule has 0 unspecified atom stereocenters. The van der Waals surface area contributed by atoms with E-state index in [4.69, 9.17) is 4.74 Å². The molecule has 1 saturated heterocycles. The van der Waals surface area contributed by atoms with Gasteiger partial charge in [0.05, 0.1) is 18.7 Å². The molecule has 204 valence electrons. The fourth-order valence-electron chi connectivity index (χ4n) is 4.87. The number of rotatable bonds is 7. The third kappa shape index (κ3) is 4.96. The first-order valence-electron chi connectivity index (χ1n) is 12.6. The van der Waals surface area contributed by atoms with E-state index in [0.29, 0.717) is 15.7 Å². The van der Waals surface area contributed by atoms with E-state index < -0.39 is 29.3 Å². The van der Waals surface area contributed by atoms with Crippen molar-refractivity contribution in [2.75, 3.05) is 12.0 Å². The predicted molar refractivity (Wildman–Crippen MR) is 158 cm³/mol. The summed E-state index contributed by atoms with van der Waals surface area (Å²) in [6.45, 7) is 0. The summed E-state index contributed by atoms with van der Waals surface area (Å²) in [5, 5.41) is 22.3. The fraction of sp³-hybridized carbons (Fsp3) is 0.0968. The summed E-state index contributed by atoms with van der Waals surface area (Å²) in [6.07, 6.45) is 0. The summed E-state index contributed by atoms with van der Waals surface area (Å²) >= 11 is 2.67. The number of ether oxygens (including phenoxy) is 1. The Morgan fingerprint density at radius 1 is 1.00 bits per heavy atom. The third-order valence-corrected chi connectivity index (χ3v) is 8.92. The lowest BCUT2D eigenvalue weighted by molar-refractivity contribution is -0.132. The Morgan fingerprint density at radius 3 is 2.54 bits per heavy atom. The molecule has 41 heavy (non-hydrogen) atoms. The number of amides is 1. The zero-order chi connectivity index (χ0) is 28.5. The van der Waals surface area contributed by atoms with E-state index in [1.54, 1.807) is 24.3 Å². The summed E-state index contributed by atoms with van der Waals surface area (Å²) in [6, 6.07) is 26.0. The summed E-state index contributed by atoms with van der Waals surface area (Å²) in [4.78, 5) is 28.0. The summed E-state index contributed by atoms with van der Waals surface area (Å²) < 4.78 is 20.1. The fourth-order valence-corrected chi connectivity index (χ4v) is 6.74. The zero-order valence-corrected chi connectivity index (χ0v) is 23.3. The Balaban J connectivity index is 1.36. The topological polar surface area (TPSA) is 92.6 Å². The highest BCUT2D eigenvalue weighted by molar-refractivity contribution is 8.00. The number of halogens is 1. The SMILES string of the molecule is COc1ccc(C(O)=C2C(=O)C(=O)N(c3nnc(SCc4cccc5ccccc45)s3)[C@@H]2c2ccccc2)cc1F. The van der Waals surface area contributed by atoms with E-state index in [2.05, 4.69) is 34.5 Å². The van der Waals surface area contributed by atoms with Gasteiger partial charge >= 0.3 is 5.91 Å². The Kier molecular flexibility index (Phi) is 7.25. The van der Waals surface area contributed by atoms with Gasteiger partial charge in [0.25, 0.3) is 5.78 Å². The molecular formula is C31H22FN3O4S2. The molecule has 10 heteroatoms. The number of Topliss-reactive ketones (excluding diaryl/α,β-unsaturated/α-hetero) is 1. The lowest BCUT2D eigenvalue weighted by atomic mass is 9.95. The molecule has 7 nitrogen and oxygen atoms in total. The molecule has 1 N–H and O–H groups in total. The van der Waals surface area contributed by atoms with Crippen LogP contribution in [-0.2, 0) is 15.3 Å². The van der Waals surface area contributed by atoms with Gasteiger partial charge < -0.3 is 9.84 Å². The largest absolute Gasteiger partial charge is 0.507 e. The van der Waals surface area contributed by atoms with E-state index in [9.17, 15) is 19.1 Å². The highest BCUT2D eigenvalue weighted by atomic mass is 32.2. The van der Waals surface area contributed by atoms with Crippen LogP contribution in [0.25, 0.3) is 16.5 Å². The standard InChI is InChI=1S/C31H22FN3O4S2/c1-39-24-15-14-20(16-23(24)32)27(36)25-26(19-9-3-2-4-10-19)35(29(38)28(25)37)30-33-34-31(41-30)40-17-21-12-7-11-18-8-5-6-13-22(18)21/h2-16,26,36H,17H2,1H3/t26-/m1/s1. The van der Waals surface area contributed by atoms with Crippen molar-refractivity contribution in [1.29, 1.82) is 0 Å². The molecule has 1 amide bonds. The van der Waals surface area contributed by atoms with Gasteiger partial charge in [-0.05, 0) is 40.1 Å². The molecule has 0 spiro atoms. The average Bonchev–Trinajstić information content (AvgIpc) is 3.57. The second-order valence-electron chi connectivity index (χ2n) is 9.21. The number of thioether (sulfide) groups is 1. The highest BCUT2D eigenvalue weighted by Gasteiger charge is 2.48. The van der Waals surface area contributed by atoms with Crippen molar-refractivity contribution in [3.05, 3.63) is 119 Å². The van der Waals surface area contributed by atoms with Crippen molar-refractivity contribution in [2.24, 2.45) is 0 Å². The molecule has 0 bridgehead atoms. The lowest BCUT2D eigenvalue weighted by Crippen LogP contribution is -2.29. The maximum Gasteiger partial charge on any atom is 0.301 e. The summed E-state index contributed by atoms with van der Waals surface area (Å²) in [5.74, 6) is -2.32. The Bertz CT molecular complexity index is 1820. The van der Waals surface area contributed by atoms with Crippen LogP contribution in [0.5, 0.6) is 5.75 Å². The van der Waals surface area contributed by atoms with Crippen LogP contribution in [-0.4, -0.2) is 34.1 Å². The van der Waals surface area contributed by atoms with Crippen molar-refractivity contribution < 1.29 is 23.8 Å². The van der Waals surface area contributed by atoms with Crippen molar-refractivity contribution in [2.45, 2.75) is 16.1 Å². The van der Waals surface area contributed by atoms with Gasteiger partial charge in [-0.3, -0.25) is 14.5 Å². The lowest BCUT2D eigenvalue weighted by Gasteiger charge is -2.22. The number of anilines is 1. The number of hydrogen-bond acceptors (Lipinski definition) is 8. The Labute approximate surface area is 242 Å². The molecule has 0 saturated carbocycles. The maximum absolute atomic E-state index is 14.5. The van der Waals surface area contributed by atoms with Gasteiger partial charge in [0.15, 0.2) is 15.9 Å². The van der Waals surface area contributed by atoms with Gasteiger partial charge in [0.1, 0.15) is 5.76 Å². The van der Waals surface area contributed by atoms with Crippen LogP contribution in [0.4, 0.5) is 9.52 Å². The number of hydrogen-bond donors (Lipinski definition) is 1. The van der Waals surface area contributed by atoms with Crippen LogP contribution in [0.2, 0.25) is 0 Å². The Morgan fingerprint density at radius 2 is 1.76 bits per heavy atom. The van der Waals surface area contributed by atoms with Crippen LogP contribution in [0.15, 0.2) is 101 Å². The van der Waals surface area contributed by atoms with Gasteiger partial charge in [-0.25, -0.2) is 4.39 Å². The molecule has 5 aromatic rings.